The average molecular weight is 416 g/mol. The number of nitro groups is 1. The monoisotopic (exact) mass is 415 g/mol. The van der Waals surface area contributed by atoms with Crippen LogP contribution in [0.3, 0.4) is 0 Å². The number of hydrogen-bond acceptors (Lipinski definition) is 8. The molecule has 10 heteroatoms. The highest BCUT2D eigenvalue weighted by molar-refractivity contribution is 6.32. The molecular formula is C18H22ClNO8. The zero-order valence-corrected chi connectivity index (χ0v) is 16.7. The summed E-state index contributed by atoms with van der Waals surface area (Å²) in [5.41, 5.74) is -0.161. The fraction of sp³-hybridized carbons (Fsp3) is 0.556. The largest absolute Gasteiger partial charge is 0.463 e. The number of benzene rings is 1. The second kappa shape index (κ2) is 9.20. The number of carbonyl (C=O) groups excluding carboxylic acids is 2. The van der Waals surface area contributed by atoms with Gasteiger partial charge in [-0.3, -0.25) is 19.7 Å². The minimum Gasteiger partial charge on any atom is -0.463 e. The predicted molar refractivity (Wildman–Crippen MR) is 97.9 cm³/mol. The van der Waals surface area contributed by atoms with Gasteiger partial charge in [0.15, 0.2) is 0 Å². The number of ether oxygens (including phenoxy) is 4. The number of rotatable bonds is 6. The standard InChI is InChI=1S/C18H22ClNO8/c1-9-10(2)18(27-15-6-5-13(20(23)24)7-14(15)19)28-16(8-25-11(3)21)17(9)26-12(4)22/h5-7,9-10,16-18H,8H2,1-4H3/t9-,10?,16?,17-,18-/m1/s1. The van der Waals surface area contributed by atoms with E-state index in [1.807, 2.05) is 13.8 Å². The summed E-state index contributed by atoms with van der Waals surface area (Å²) in [6.45, 7) is 6.17. The minimum atomic E-state index is -0.790. The van der Waals surface area contributed by atoms with Crippen molar-refractivity contribution in [2.45, 2.75) is 46.2 Å². The zero-order valence-electron chi connectivity index (χ0n) is 15.9. The van der Waals surface area contributed by atoms with Gasteiger partial charge in [0, 0.05) is 37.8 Å². The number of esters is 2. The third kappa shape index (κ3) is 5.32. The van der Waals surface area contributed by atoms with E-state index in [4.69, 9.17) is 30.5 Å². The van der Waals surface area contributed by atoms with Gasteiger partial charge in [-0.1, -0.05) is 25.4 Å². The van der Waals surface area contributed by atoms with Gasteiger partial charge in [0.1, 0.15) is 24.6 Å². The number of non-ortho nitro benzene ring substituents is 1. The summed E-state index contributed by atoms with van der Waals surface area (Å²) in [5.74, 6) is -1.15. The molecule has 0 aromatic heterocycles. The molecular weight excluding hydrogens is 394 g/mol. The van der Waals surface area contributed by atoms with Crippen LogP contribution in [-0.4, -0.2) is 42.0 Å². The van der Waals surface area contributed by atoms with Crippen molar-refractivity contribution in [2.75, 3.05) is 6.61 Å². The highest BCUT2D eigenvalue weighted by Gasteiger charge is 2.45. The molecule has 1 aromatic rings. The van der Waals surface area contributed by atoms with Crippen molar-refractivity contribution >= 4 is 29.2 Å². The fourth-order valence-electron chi connectivity index (χ4n) is 2.93. The average Bonchev–Trinajstić information content (AvgIpc) is 2.61. The molecule has 0 aliphatic carbocycles. The summed E-state index contributed by atoms with van der Waals surface area (Å²) in [4.78, 5) is 32.9. The van der Waals surface area contributed by atoms with Crippen LogP contribution in [0.1, 0.15) is 27.7 Å². The maximum atomic E-state index is 11.5. The maximum absolute atomic E-state index is 11.5. The van der Waals surface area contributed by atoms with Crippen molar-refractivity contribution < 1.29 is 33.5 Å². The Bertz CT molecular complexity index is 755. The molecule has 1 heterocycles. The molecule has 0 N–H and O–H groups in total. The maximum Gasteiger partial charge on any atom is 0.303 e. The first kappa shape index (κ1) is 21.9. The molecule has 1 aliphatic rings. The van der Waals surface area contributed by atoms with Gasteiger partial charge in [0.2, 0.25) is 6.29 Å². The molecule has 1 aliphatic heterocycles. The van der Waals surface area contributed by atoms with Crippen LogP contribution < -0.4 is 4.74 Å². The summed E-state index contributed by atoms with van der Waals surface area (Å²) < 4.78 is 22.1. The topological polar surface area (TPSA) is 114 Å². The van der Waals surface area contributed by atoms with Crippen molar-refractivity contribution in [1.82, 2.24) is 0 Å². The molecule has 154 valence electrons. The lowest BCUT2D eigenvalue weighted by Crippen LogP contribution is -2.54. The molecule has 0 amide bonds. The number of nitrogens with zero attached hydrogens (tertiary/aromatic N) is 1. The molecule has 0 bridgehead atoms. The molecule has 5 atom stereocenters. The van der Waals surface area contributed by atoms with Crippen molar-refractivity contribution in [2.24, 2.45) is 11.8 Å². The van der Waals surface area contributed by atoms with Crippen molar-refractivity contribution in [1.29, 1.82) is 0 Å². The van der Waals surface area contributed by atoms with Crippen LogP contribution in [0, 0.1) is 22.0 Å². The SMILES string of the molecule is CC(=O)OCC1O[C@@H](Oc2ccc([N+](=O)[O-])cc2Cl)C(C)[C@@H](C)[C@H]1OC(C)=O. The summed E-state index contributed by atoms with van der Waals surface area (Å²) in [6.07, 6.45) is -2.15. The van der Waals surface area contributed by atoms with Crippen LogP contribution in [-0.2, 0) is 23.8 Å². The van der Waals surface area contributed by atoms with Gasteiger partial charge < -0.3 is 18.9 Å². The van der Waals surface area contributed by atoms with Gasteiger partial charge in [-0.05, 0) is 6.07 Å². The van der Waals surface area contributed by atoms with E-state index < -0.39 is 35.4 Å². The highest BCUT2D eigenvalue weighted by Crippen LogP contribution is 2.37. The summed E-state index contributed by atoms with van der Waals surface area (Å²) in [7, 11) is 0. The van der Waals surface area contributed by atoms with E-state index in [0.29, 0.717) is 0 Å². The number of hydrogen-bond donors (Lipinski definition) is 0. The molecule has 0 radical (unpaired) electrons. The normalized spacial score (nSPS) is 27.0. The van der Waals surface area contributed by atoms with E-state index in [0.717, 1.165) is 0 Å². The van der Waals surface area contributed by atoms with Gasteiger partial charge in [-0.25, -0.2) is 0 Å². The third-order valence-electron chi connectivity index (χ3n) is 4.57. The third-order valence-corrected chi connectivity index (χ3v) is 4.87. The second-order valence-electron chi connectivity index (χ2n) is 6.63. The first-order valence-electron chi connectivity index (χ1n) is 8.66. The van der Waals surface area contributed by atoms with Crippen molar-refractivity contribution in [3.05, 3.63) is 33.3 Å². The van der Waals surface area contributed by atoms with E-state index in [-0.39, 0.29) is 34.9 Å². The van der Waals surface area contributed by atoms with Gasteiger partial charge in [0.05, 0.1) is 9.95 Å². The Morgan fingerprint density at radius 3 is 2.43 bits per heavy atom. The van der Waals surface area contributed by atoms with Crippen LogP contribution in [0.2, 0.25) is 5.02 Å². The van der Waals surface area contributed by atoms with E-state index in [1.54, 1.807) is 0 Å². The molecule has 1 aromatic carbocycles. The number of nitro benzene ring substituents is 1. The van der Waals surface area contributed by atoms with Crippen LogP contribution in [0.4, 0.5) is 5.69 Å². The molecule has 0 saturated carbocycles. The van der Waals surface area contributed by atoms with Gasteiger partial charge in [-0.2, -0.15) is 0 Å². The first-order valence-corrected chi connectivity index (χ1v) is 9.04. The number of halogens is 1. The van der Waals surface area contributed by atoms with Gasteiger partial charge >= 0.3 is 11.9 Å². The Kier molecular flexibility index (Phi) is 7.20. The quantitative estimate of drug-likeness (QED) is 0.395. The molecule has 2 rings (SSSR count). The summed E-state index contributed by atoms with van der Waals surface area (Å²) >= 11 is 6.09. The van der Waals surface area contributed by atoms with E-state index in [1.165, 1.54) is 32.0 Å². The molecule has 0 spiro atoms. The Hall–Kier alpha value is -2.39. The smallest absolute Gasteiger partial charge is 0.303 e. The van der Waals surface area contributed by atoms with Crippen LogP contribution in [0.25, 0.3) is 0 Å². The predicted octanol–water partition coefficient (Wildman–Crippen LogP) is 3.12. The molecule has 1 fully saturated rings. The summed E-state index contributed by atoms with van der Waals surface area (Å²) in [5, 5.41) is 10.9. The molecule has 2 unspecified atom stereocenters. The Balaban J connectivity index is 2.21. The molecule has 1 saturated heterocycles. The molecule has 9 nitrogen and oxygen atoms in total. The van der Waals surface area contributed by atoms with Crippen LogP contribution >= 0.6 is 11.6 Å². The van der Waals surface area contributed by atoms with Crippen molar-refractivity contribution in [3.63, 3.8) is 0 Å². The minimum absolute atomic E-state index is 0.0660. The first-order chi connectivity index (χ1) is 13.1. The lowest BCUT2D eigenvalue weighted by molar-refractivity contribution is -0.384. The van der Waals surface area contributed by atoms with E-state index in [9.17, 15) is 19.7 Å². The van der Waals surface area contributed by atoms with Gasteiger partial charge in [0.25, 0.3) is 5.69 Å². The Labute approximate surface area is 167 Å². The van der Waals surface area contributed by atoms with Crippen LogP contribution in [0.15, 0.2) is 18.2 Å². The lowest BCUT2D eigenvalue weighted by atomic mass is 9.84. The Morgan fingerprint density at radius 2 is 1.89 bits per heavy atom. The molecule has 28 heavy (non-hydrogen) atoms. The highest BCUT2D eigenvalue weighted by atomic mass is 35.5. The summed E-state index contributed by atoms with van der Waals surface area (Å²) in [6, 6.07) is 3.85. The number of carbonyl (C=O) groups is 2. The van der Waals surface area contributed by atoms with Gasteiger partial charge in [-0.15, -0.1) is 0 Å². The van der Waals surface area contributed by atoms with E-state index in [2.05, 4.69) is 0 Å². The fourth-order valence-corrected chi connectivity index (χ4v) is 3.15. The van der Waals surface area contributed by atoms with Crippen LogP contribution in [0.5, 0.6) is 5.75 Å². The second-order valence-corrected chi connectivity index (χ2v) is 7.03. The Morgan fingerprint density at radius 1 is 1.21 bits per heavy atom. The van der Waals surface area contributed by atoms with Crippen molar-refractivity contribution in [3.8, 4) is 5.75 Å². The van der Waals surface area contributed by atoms with E-state index >= 15 is 0 Å². The zero-order chi connectivity index (χ0) is 21.0. The lowest BCUT2D eigenvalue weighted by Gasteiger charge is -2.43.